The van der Waals surface area contributed by atoms with Gasteiger partial charge in [-0.3, -0.25) is 4.79 Å². The van der Waals surface area contributed by atoms with E-state index in [1.54, 1.807) is 6.07 Å². The Morgan fingerprint density at radius 3 is 2.53 bits per heavy atom. The third-order valence-corrected chi connectivity index (χ3v) is 3.36. The summed E-state index contributed by atoms with van der Waals surface area (Å²) in [4.78, 5) is 22.9. The monoisotopic (exact) mass is 255 g/mol. The lowest BCUT2D eigenvalue weighted by Gasteiger charge is -2.05. The highest BCUT2D eigenvalue weighted by Gasteiger charge is 2.12. The number of carbonyl (C=O) groups excluding carboxylic acids is 1. The van der Waals surface area contributed by atoms with Gasteiger partial charge in [-0.05, 0) is 30.9 Å². The Morgan fingerprint density at radius 2 is 2.00 bits per heavy atom. The van der Waals surface area contributed by atoms with Crippen LogP contribution in [0.25, 0.3) is 0 Å². The van der Waals surface area contributed by atoms with E-state index in [0.29, 0.717) is 17.3 Å². The van der Waals surface area contributed by atoms with Crippen molar-refractivity contribution >= 4 is 23.2 Å². The standard InChI is InChI=1S/C12H17NO3S/c1-8(2)4-3-7-13-11(14)9-5-6-10(17-9)12(15)16/h5-6,8H,3-4,7H2,1-2H3,(H,13,14)(H,15,16). The van der Waals surface area contributed by atoms with Gasteiger partial charge in [0.05, 0.1) is 4.88 Å². The van der Waals surface area contributed by atoms with Gasteiger partial charge < -0.3 is 10.4 Å². The van der Waals surface area contributed by atoms with Crippen molar-refractivity contribution in [2.75, 3.05) is 6.54 Å². The quantitative estimate of drug-likeness (QED) is 0.768. The fourth-order valence-corrected chi connectivity index (χ4v) is 2.14. The van der Waals surface area contributed by atoms with Crippen LogP contribution in [0.1, 0.15) is 46.0 Å². The number of rotatable bonds is 6. The summed E-state index contributed by atoms with van der Waals surface area (Å²) in [5.41, 5.74) is 0. The van der Waals surface area contributed by atoms with E-state index in [4.69, 9.17) is 5.11 Å². The summed E-state index contributed by atoms with van der Waals surface area (Å²) in [5.74, 6) is -0.549. The van der Waals surface area contributed by atoms with Crippen LogP contribution in [0.15, 0.2) is 12.1 Å². The van der Waals surface area contributed by atoms with Gasteiger partial charge in [0.1, 0.15) is 4.88 Å². The van der Waals surface area contributed by atoms with Gasteiger partial charge >= 0.3 is 5.97 Å². The second-order valence-electron chi connectivity index (χ2n) is 4.26. The predicted molar refractivity (Wildman–Crippen MR) is 67.7 cm³/mol. The SMILES string of the molecule is CC(C)CCCNC(=O)c1ccc(C(=O)O)s1. The van der Waals surface area contributed by atoms with Gasteiger partial charge in [-0.1, -0.05) is 13.8 Å². The van der Waals surface area contributed by atoms with Crippen molar-refractivity contribution < 1.29 is 14.7 Å². The van der Waals surface area contributed by atoms with E-state index >= 15 is 0 Å². The Kier molecular flexibility index (Phi) is 5.15. The number of carboxylic acid groups (broad SMARTS) is 1. The van der Waals surface area contributed by atoms with E-state index in [0.717, 1.165) is 24.2 Å². The summed E-state index contributed by atoms with van der Waals surface area (Å²) in [7, 11) is 0. The van der Waals surface area contributed by atoms with Crippen LogP contribution in [0.4, 0.5) is 0 Å². The molecule has 4 nitrogen and oxygen atoms in total. The number of carbonyl (C=O) groups is 2. The smallest absolute Gasteiger partial charge is 0.345 e. The van der Waals surface area contributed by atoms with E-state index < -0.39 is 5.97 Å². The van der Waals surface area contributed by atoms with Crippen LogP contribution < -0.4 is 5.32 Å². The van der Waals surface area contributed by atoms with Crippen molar-refractivity contribution in [1.29, 1.82) is 0 Å². The Labute approximate surface area is 105 Å². The number of thiophene rings is 1. The third kappa shape index (κ3) is 4.56. The molecule has 0 bridgehead atoms. The van der Waals surface area contributed by atoms with E-state index in [9.17, 15) is 9.59 Å². The Bertz CT molecular complexity index is 398. The summed E-state index contributed by atoms with van der Waals surface area (Å²) >= 11 is 1.00. The van der Waals surface area contributed by atoms with E-state index in [1.165, 1.54) is 6.07 Å². The van der Waals surface area contributed by atoms with Gasteiger partial charge in [-0.2, -0.15) is 0 Å². The number of hydrogen-bond acceptors (Lipinski definition) is 3. The van der Waals surface area contributed by atoms with Crippen LogP contribution in [-0.2, 0) is 0 Å². The lowest BCUT2D eigenvalue weighted by molar-refractivity contribution is 0.0702. The zero-order valence-electron chi connectivity index (χ0n) is 10.0. The average molecular weight is 255 g/mol. The first kappa shape index (κ1) is 13.7. The van der Waals surface area contributed by atoms with E-state index in [1.807, 2.05) is 0 Å². The molecule has 17 heavy (non-hydrogen) atoms. The molecule has 0 saturated heterocycles. The van der Waals surface area contributed by atoms with Gasteiger partial charge in [0, 0.05) is 6.54 Å². The summed E-state index contributed by atoms with van der Waals surface area (Å²) in [6, 6.07) is 3.00. The highest BCUT2D eigenvalue weighted by atomic mass is 32.1. The summed E-state index contributed by atoms with van der Waals surface area (Å²) in [6.07, 6.45) is 2.02. The van der Waals surface area contributed by atoms with Gasteiger partial charge in [0.2, 0.25) is 0 Å². The minimum Gasteiger partial charge on any atom is -0.477 e. The number of nitrogens with one attached hydrogen (secondary N) is 1. The molecule has 0 aliphatic rings. The largest absolute Gasteiger partial charge is 0.477 e. The second kappa shape index (κ2) is 6.39. The van der Waals surface area contributed by atoms with Crippen LogP contribution in [0, 0.1) is 5.92 Å². The molecule has 1 heterocycles. The Balaban J connectivity index is 2.39. The van der Waals surface area contributed by atoms with Crippen LogP contribution in [-0.4, -0.2) is 23.5 Å². The average Bonchev–Trinajstić information content (AvgIpc) is 2.73. The minimum atomic E-state index is -0.992. The van der Waals surface area contributed by atoms with Crippen molar-refractivity contribution in [3.8, 4) is 0 Å². The van der Waals surface area contributed by atoms with Crippen molar-refractivity contribution in [3.05, 3.63) is 21.9 Å². The molecule has 0 radical (unpaired) electrons. The summed E-state index contributed by atoms with van der Waals surface area (Å²) in [6.45, 7) is 4.91. The molecule has 0 saturated carbocycles. The fourth-order valence-electron chi connectivity index (χ4n) is 1.37. The molecule has 94 valence electrons. The lowest BCUT2D eigenvalue weighted by Crippen LogP contribution is -2.23. The molecule has 0 spiro atoms. The van der Waals surface area contributed by atoms with E-state index in [2.05, 4.69) is 19.2 Å². The maximum Gasteiger partial charge on any atom is 0.345 e. The van der Waals surface area contributed by atoms with Crippen molar-refractivity contribution in [2.24, 2.45) is 5.92 Å². The van der Waals surface area contributed by atoms with Gasteiger partial charge in [-0.25, -0.2) is 4.79 Å². The Hall–Kier alpha value is -1.36. The lowest BCUT2D eigenvalue weighted by atomic mass is 10.1. The molecule has 0 aliphatic heterocycles. The van der Waals surface area contributed by atoms with Crippen LogP contribution in [0.3, 0.4) is 0 Å². The Morgan fingerprint density at radius 1 is 1.35 bits per heavy atom. The van der Waals surface area contributed by atoms with E-state index in [-0.39, 0.29) is 10.8 Å². The third-order valence-electron chi connectivity index (χ3n) is 2.28. The molecule has 0 atom stereocenters. The molecule has 0 aliphatic carbocycles. The molecule has 0 fully saturated rings. The first-order valence-corrected chi connectivity index (χ1v) is 6.43. The molecule has 1 amide bonds. The molecule has 1 aromatic rings. The molecule has 0 aromatic carbocycles. The zero-order chi connectivity index (χ0) is 12.8. The molecular weight excluding hydrogens is 238 g/mol. The van der Waals surface area contributed by atoms with Gasteiger partial charge in [0.15, 0.2) is 0 Å². The van der Waals surface area contributed by atoms with Crippen LogP contribution in [0.2, 0.25) is 0 Å². The number of hydrogen-bond donors (Lipinski definition) is 2. The zero-order valence-corrected chi connectivity index (χ0v) is 10.8. The number of carboxylic acids is 1. The first-order valence-electron chi connectivity index (χ1n) is 5.62. The van der Waals surface area contributed by atoms with Crippen molar-refractivity contribution in [2.45, 2.75) is 26.7 Å². The molecule has 1 rings (SSSR count). The highest BCUT2D eigenvalue weighted by molar-refractivity contribution is 7.15. The molecule has 0 unspecified atom stereocenters. The number of amides is 1. The molecule has 5 heteroatoms. The van der Waals surface area contributed by atoms with Crippen molar-refractivity contribution in [1.82, 2.24) is 5.32 Å². The second-order valence-corrected chi connectivity index (χ2v) is 5.34. The van der Waals surface area contributed by atoms with Crippen molar-refractivity contribution in [3.63, 3.8) is 0 Å². The molecule has 2 N–H and O–H groups in total. The summed E-state index contributed by atoms with van der Waals surface area (Å²) < 4.78 is 0. The maximum absolute atomic E-state index is 11.6. The summed E-state index contributed by atoms with van der Waals surface area (Å²) in [5, 5.41) is 11.5. The normalized spacial score (nSPS) is 10.5. The fraction of sp³-hybridized carbons (Fsp3) is 0.500. The topological polar surface area (TPSA) is 66.4 Å². The highest BCUT2D eigenvalue weighted by Crippen LogP contribution is 2.16. The van der Waals surface area contributed by atoms with Crippen LogP contribution >= 0.6 is 11.3 Å². The minimum absolute atomic E-state index is 0.189. The first-order chi connectivity index (χ1) is 8.00. The number of aromatic carboxylic acids is 1. The van der Waals surface area contributed by atoms with Gasteiger partial charge in [0.25, 0.3) is 5.91 Å². The van der Waals surface area contributed by atoms with Crippen LogP contribution in [0.5, 0.6) is 0 Å². The maximum atomic E-state index is 11.6. The predicted octanol–water partition coefficient (Wildman–Crippen LogP) is 2.61. The molecular formula is C12H17NO3S. The molecule has 1 aromatic heterocycles. The van der Waals surface area contributed by atoms with Gasteiger partial charge in [-0.15, -0.1) is 11.3 Å².